The summed E-state index contributed by atoms with van der Waals surface area (Å²) in [4.78, 5) is 23.1. The zero-order chi connectivity index (χ0) is 21.9. The fourth-order valence-electron chi connectivity index (χ4n) is 3.84. The molecule has 5 rings (SSSR count). The van der Waals surface area contributed by atoms with Crippen LogP contribution in [0.1, 0.15) is 27.5 Å². The molecule has 0 saturated carbocycles. The molecule has 7 nitrogen and oxygen atoms in total. The van der Waals surface area contributed by atoms with Gasteiger partial charge in [0, 0.05) is 18.2 Å². The lowest BCUT2D eigenvalue weighted by Gasteiger charge is -2.24. The number of carbonyl (C=O) groups excluding carboxylic acids is 1. The first-order valence-electron chi connectivity index (χ1n) is 9.36. The number of likely N-dealkylation sites (N-methyl/N-ethyl adjacent to an activating group) is 1. The van der Waals surface area contributed by atoms with E-state index >= 15 is 0 Å². The number of nitrogen functional groups attached to an aromatic ring is 1. The molecule has 1 atom stereocenters. The number of nitrogens with two attached hydrogens (primary N) is 1. The number of carbonyl (C=O) groups is 1. The minimum absolute atomic E-state index is 0.0797. The molecule has 0 fully saturated rings. The largest absolute Gasteiger partial charge is 0.491 e. The molecule has 2 aromatic heterocycles. The number of rotatable bonds is 2. The predicted molar refractivity (Wildman–Crippen MR) is 107 cm³/mol. The number of hydrogen-bond donors (Lipinski definition) is 1. The summed E-state index contributed by atoms with van der Waals surface area (Å²) in [6.45, 7) is 0.0797. The van der Waals surface area contributed by atoms with Crippen LogP contribution in [0.3, 0.4) is 0 Å². The molecule has 2 aromatic carbocycles. The molecule has 1 amide bonds. The summed E-state index contributed by atoms with van der Waals surface area (Å²) in [7, 11) is 1.60. The average molecular weight is 427 g/mol. The van der Waals surface area contributed by atoms with Crippen molar-refractivity contribution in [1.29, 1.82) is 0 Å². The molecular weight excluding hydrogens is 411 g/mol. The molecule has 2 N–H and O–H groups in total. The van der Waals surface area contributed by atoms with Crippen molar-refractivity contribution in [3.8, 4) is 5.75 Å². The van der Waals surface area contributed by atoms with Gasteiger partial charge in [0.15, 0.2) is 0 Å². The first-order valence-corrected chi connectivity index (χ1v) is 9.36. The number of aromatic nitrogens is 3. The van der Waals surface area contributed by atoms with E-state index in [9.17, 15) is 18.0 Å². The van der Waals surface area contributed by atoms with E-state index in [1.165, 1.54) is 11.0 Å². The lowest BCUT2D eigenvalue weighted by atomic mass is 10.0. The van der Waals surface area contributed by atoms with Crippen LogP contribution in [-0.4, -0.2) is 38.8 Å². The number of ether oxygens (including phenoxy) is 1. The molecule has 1 aliphatic heterocycles. The second kappa shape index (κ2) is 6.59. The molecule has 3 heterocycles. The van der Waals surface area contributed by atoms with Gasteiger partial charge in [-0.25, -0.2) is 9.97 Å². The topological polar surface area (TPSA) is 85.8 Å². The third kappa shape index (κ3) is 3.02. The van der Waals surface area contributed by atoms with Crippen molar-refractivity contribution in [2.24, 2.45) is 0 Å². The van der Waals surface area contributed by atoms with Gasteiger partial charge in [0.25, 0.3) is 5.91 Å². The highest BCUT2D eigenvalue weighted by Gasteiger charge is 2.36. The second-order valence-corrected chi connectivity index (χ2v) is 7.34. The molecule has 158 valence electrons. The highest BCUT2D eigenvalue weighted by atomic mass is 19.4. The Morgan fingerprint density at radius 1 is 1.23 bits per heavy atom. The normalized spacial score (nSPS) is 15.8. The Morgan fingerprint density at radius 2 is 2.03 bits per heavy atom. The third-order valence-corrected chi connectivity index (χ3v) is 5.51. The minimum Gasteiger partial charge on any atom is -0.491 e. The fourth-order valence-corrected chi connectivity index (χ4v) is 3.84. The van der Waals surface area contributed by atoms with Gasteiger partial charge < -0.3 is 15.4 Å². The maximum Gasteiger partial charge on any atom is 0.416 e. The number of amides is 1. The molecule has 10 heteroatoms. The summed E-state index contributed by atoms with van der Waals surface area (Å²) in [6, 6.07) is 7.86. The van der Waals surface area contributed by atoms with Crippen LogP contribution < -0.4 is 10.5 Å². The zero-order valence-electron chi connectivity index (χ0n) is 16.2. The summed E-state index contributed by atoms with van der Waals surface area (Å²) in [6.07, 6.45) is -1.28. The molecule has 0 radical (unpaired) electrons. The Bertz CT molecular complexity index is 1350. The Kier molecular flexibility index (Phi) is 4.07. The molecular formula is C21H16F3N5O2. The zero-order valence-corrected chi connectivity index (χ0v) is 16.2. The van der Waals surface area contributed by atoms with Crippen LogP contribution in [0.25, 0.3) is 16.6 Å². The van der Waals surface area contributed by atoms with Crippen LogP contribution in [0.4, 0.5) is 19.0 Å². The molecule has 0 saturated heterocycles. The Hall–Kier alpha value is -3.82. The van der Waals surface area contributed by atoms with Crippen molar-refractivity contribution >= 4 is 28.3 Å². The predicted octanol–water partition coefficient (Wildman–Crippen LogP) is 3.69. The van der Waals surface area contributed by atoms with Crippen LogP contribution in [0.15, 0.2) is 48.9 Å². The molecule has 4 aromatic rings. The van der Waals surface area contributed by atoms with Gasteiger partial charge in [-0.1, -0.05) is 6.07 Å². The van der Waals surface area contributed by atoms with E-state index in [2.05, 4.69) is 9.97 Å². The van der Waals surface area contributed by atoms with E-state index in [1.54, 1.807) is 42.2 Å². The number of imidazole rings is 1. The van der Waals surface area contributed by atoms with E-state index in [4.69, 9.17) is 10.5 Å². The van der Waals surface area contributed by atoms with Gasteiger partial charge in [0.2, 0.25) is 0 Å². The molecule has 1 aliphatic rings. The van der Waals surface area contributed by atoms with Gasteiger partial charge in [-0.15, -0.1) is 0 Å². The van der Waals surface area contributed by atoms with Crippen molar-refractivity contribution in [3.63, 3.8) is 0 Å². The van der Waals surface area contributed by atoms with Gasteiger partial charge >= 0.3 is 6.18 Å². The van der Waals surface area contributed by atoms with Crippen molar-refractivity contribution in [2.75, 3.05) is 19.4 Å². The minimum atomic E-state index is -4.46. The van der Waals surface area contributed by atoms with Crippen LogP contribution in [0, 0.1) is 0 Å². The highest BCUT2D eigenvalue weighted by molar-refractivity contribution is 5.98. The van der Waals surface area contributed by atoms with Crippen molar-refractivity contribution < 1.29 is 22.7 Å². The van der Waals surface area contributed by atoms with Crippen LogP contribution in [0.5, 0.6) is 5.75 Å². The Balaban J connectivity index is 1.49. The summed E-state index contributed by atoms with van der Waals surface area (Å²) in [5, 5.41) is 0. The molecule has 0 spiro atoms. The summed E-state index contributed by atoms with van der Waals surface area (Å²) >= 11 is 0. The SMILES string of the molecule is CN(C(=O)c1ccc2nc(N)c3cncn3c2c1)[C@H]1COc2cc(C(F)(F)F)ccc21. The molecule has 0 aliphatic carbocycles. The molecule has 0 unspecified atom stereocenters. The fraction of sp³-hybridized carbons (Fsp3) is 0.190. The van der Waals surface area contributed by atoms with Crippen LogP contribution in [-0.2, 0) is 6.18 Å². The Morgan fingerprint density at radius 3 is 2.81 bits per heavy atom. The second-order valence-electron chi connectivity index (χ2n) is 7.34. The summed E-state index contributed by atoms with van der Waals surface area (Å²) in [5.74, 6) is 0.172. The summed E-state index contributed by atoms with van der Waals surface area (Å²) < 4.78 is 46.1. The third-order valence-electron chi connectivity index (χ3n) is 5.51. The van der Waals surface area contributed by atoms with E-state index < -0.39 is 17.8 Å². The summed E-state index contributed by atoms with van der Waals surface area (Å²) in [5.41, 5.74) is 8.00. The maximum absolute atomic E-state index is 13.2. The van der Waals surface area contributed by atoms with Crippen molar-refractivity contribution in [1.82, 2.24) is 19.3 Å². The number of nitrogens with zero attached hydrogens (tertiary/aromatic N) is 4. The van der Waals surface area contributed by atoms with Gasteiger partial charge in [0.05, 0.1) is 35.2 Å². The number of anilines is 1. The highest BCUT2D eigenvalue weighted by Crippen LogP contribution is 2.40. The number of fused-ring (bicyclic) bond motifs is 4. The van der Waals surface area contributed by atoms with E-state index in [0.717, 1.165) is 12.1 Å². The van der Waals surface area contributed by atoms with Gasteiger partial charge in [-0.2, -0.15) is 13.2 Å². The number of alkyl halides is 3. The Labute approximate surface area is 173 Å². The van der Waals surface area contributed by atoms with Crippen molar-refractivity contribution in [2.45, 2.75) is 12.2 Å². The first kappa shape index (κ1) is 19.2. The molecule has 31 heavy (non-hydrogen) atoms. The maximum atomic E-state index is 13.2. The van der Waals surface area contributed by atoms with Crippen LogP contribution in [0.2, 0.25) is 0 Å². The first-order chi connectivity index (χ1) is 14.7. The molecule has 0 bridgehead atoms. The van der Waals surface area contributed by atoms with Gasteiger partial charge in [0.1, 0.15) is 23.7 Å². The van der Waals surface area contributed by atoms with E-state index in [0.29, 0.717) is 33.5 Å². The average Bonchev–Trinajstić information content (AvgIpc) is 3.39. The standard InChI is InChI=1S/C21H16F3N5O2/c1-28(17-9-31-18-7-12(21(22,23)24)3-4-13(17)18)20(30)11-2-5-14-15(6-11)29-10-26-8-16(29)19(25)27-14/h2-8,10,17H,9H2,1H3,(H2,25,27)/t17-/m0/s1. The smallest absolute Gasteiger partial charge is 0.416 e. The van der Waals surface area contributed by atoms with Gasteiger partial charge in [-0.3, -0.25) is 9.20 Å². The van der Waals surface area contributed by atoms with Crippen molar-refractivity contribution in [3.05, 3.63) is 65.6 Å². The lowest BCUT2D eigenvalue weighted by Crippen LogP contribution is -2.32. The van der Waals surface area contributed by atoms with Gasteiger partial charge in [-0.05, 0) is 30.3 Å². The van der Waals surface area contributed by atoms with E-state index in [1.807, 2.05) is 0 Å². The monoisotopic (exact) mass is 427 g/mol. The quantitative estimate of drug-likeness (QED) is 0.527. The van der Waals surface area contributed by atoms with Crippen LogP contribution >= 0.6 is 0 Å². The number of halogens is 3. The van der Waals surface area contributed by atoms with E-state index in [-0.39, 0.29) is 18.3 Å². The number of benzene rings is 2. The lowest BCUT2D eigenvalue weighted by molar-refractivity contribution is -0.137. The number of hydrogen-bond acceptors (Lipinski definition) is 5.